The molecule has 1 aromatic carbocycles. The van der Waals surface area contributed by atoms with Gasteiger partial charge in [-0.25, -0.2) is 4.98 Å². The molecule has 2 aromatic heterocycles. The topological polar surface area (TPSA) is 82.8 Å². The van der Waals surface area contributed by atoms with E-state index in [1.807, 2.05) is 23.6 Å². The molecule has 0 aliphatic carbocycles. The van der Waals surface area contributed by atoms with Gasteiger partial charge in [-0.1, -0.05) is 11.2 Å². The minimum atomic E-state index is 0.511. The number of aryl methyl sites for hydroxylation is 4. The zero-order valence-electron chi connectivity index (χ0n) is 10.9. The number of benzene rings is 1. The van der Waals surface area contributed by atoms with Gasteiger partial charge in [0.15, 0.2) is 5.82 Å². The maximum Gasteiger partial charge on any atom is 0.228 e. The first-order chi connectivity index (χ1) is 9.13. The van der Waals surface area contributed by atoms with Crippen molar-refractivity contribution in [2.45, 2.75) is 26.8 Å². The molecule has 2 N–H and O–H groups in total. The second-order valence-electron chi connectivity index (χ2n) is 4.60. The maximum atomic E-state index is 5.96. The Hall–Kier alpha value is -2.37. The second-order valence-corrected chi connectivity index (χ2v) is 4.60. The number of nitrogens with two attached hydrogens (primary N) is 1. The Balaban J connectivity index is 1.90. The average Bonchev–Trinajstić information content (AvgIpc) is 2.89. The molecule has 0 saturated carbocycles. The summed E-state index contributed by atoms with van der Waals surface area (Å²) >= 11 is 0. The van der Waals surface area contributed by atoms with Gasteiger partial charge in [0.05, 0.1) is 11.0 Å². The highest BCUT2D eigenvalue weighted by Crippen LogP contribution is 2.19. The van der Waals surface area contributed by atoms with Crippen LogP contribution in [0.4, 0.5) is 5.95 Å². The molecule has 2 heterocycles. The van der Waals surface area contributed by atoms with Crippen molar-refractivity contribution in [3.63, 3.8) is 0 Å². The number of hydrogen-bond acceptors (Lipinski definition) is 5. The van der Waals surface area contributed by atoms with E-state index >= 15 is 0 Å². The van der Waals surface area contributed by atoms with Gasteiger partial charge < -0.3 is 14.8 Å². The Morgan fingerprint density at radius 2 is 2.11 bits per heavy atom. The number of nitrogens with zero attached hydrogens (tertiary/aromatic N) is 4. The fourth-order valence-corrected chi connectivity index (χ4v) is 2.14. The zero-order chi connectivity index (χ0) is 13.4. The first kappa shape index (κ1) is 11.7. The number of rotatable bonds is 3. The van der Waals surface area contributed by atoms with Gasteiger partial charge in [0, 0.05) is 13.0 Å². The van der Waals surface area contributed by atoms with Gasteiger partial charge in [-0.15, -0.1) is 0 Å². The van der Waals surface area contributed by atoms with Gasteiger partial charge in [-0.05, 0) is 31.5 Å². The molecular formula is C13H15N5O. The normalized spacial score (nSPS) is 11.3. The predicted octanol–water partition coefficient (Wildman–Crippen LogP) is 1.86. The molecule has 0 aliphatic rings. The van der Waals surface area contributed by atoms with Gasteiger partial charge >= 0.3 is 0 Å². The maximum absolute atomic E-state index is 5.96. The van der Waals surface area contributed by atoms with E-state index in [0.29, 0.717) is 30.6 Å². The monoisotopic (exact) mass is 257 g/mol. The van der Waals surface area contributed by atoms with E-state index in [4.69, 9.17) is 10.3 Å². The van der Waals surface area contributed by atoms with E-state index in [-0.39, 0.29) is 0 Å². The van der Waals surface area contributed by atoms with E-state index in [1.165, 1.54) is 5.56 Å². The molecule has 6 nitrogen and oxygen atoms in total. The second kappa shape index (κ2) is 4.38. The Bertz CT molecular complexity index is 728. The van der Waals surface area contributed by atoms with Crippen LogP contribution >= 0.6 is 0 Å². The predicted molar refractivity (Wildman–Crippen MR) is 71.6 cm³/mol. The molecule has 3 rings (SSSR count). The van der Waals surface area contributed by atoms with Crippen molar-refractivity contribution < 1.29 is 4.52 Å². The Labute approximate surface area is 110 Å². The molecule has 0 amide bonds. The van der Waals surface area contributed by atoms with Crippen molar-refractivity contribution in [1.82, 2.24) is 19.7 Å². The van der Waals surface area contributed by atoms with Crippen molar-refractivity contribution in [3.8, 4) is 0 Å². The molecule has 0 spiro atoms. The van der Waals surface area contributed by atoms with Gasteiger partial charge in [-0.3, -0.25) is 0 Å². The minimum absolute atomic E-state index is 0.511. The van der Waals surface area contributed by atoms with E-state index in [2.05, 4.69) is 21.2 Å². The highest BCUT2D eigenvalue weighted by atomic mass is 16.5. The summed E-state index contributed by atoms with van der Waals surface area (Å²) in [4.78, 5) is 8.55. The molecule has 0 saturated heterocycles. The molecule has 0 bridgehead atoms. The Kier molecular flexibility index (Phi) is 2.70. The van der Waals surface area contributed by atoms with Crippen LogP contribution in [-0.2, 0) is 13.0 Å². The lowest BCUT2D eigenvalue weighted by molar-refractivity contribution is 0.369. The third kappa shape index (κ3) is 2.16. The molecule has 0 atom stereocenters. The molecule has 19 heavy (non-hydrogen) atoms. The van der Waals surface area contributed by atoms with Crippen LogP contribution in [0.25, 0.3) is 11.0 Å². The van der Waals surface area contributed by atoms with Crippen molar-refractivity contribution in [2.75, 3.05) is 5.73 Å². The van der Waals surface area contributed by atoms with E-state index in [9.17, 15) is 0 Å². The molecule has 0 unspecified atom stereocenters. The summed E-state index contributed by atoms with van der Waals surface area (Å²) in [5, 5.41) is 3.77. The molecule has 6 heteroatoms. The zero-order valence-corrected chi connectivity index (χ0v) is 10.9. The first-order valence-electron chi connectivity index (χ1n) is 6.15. The van der Waals surface area contributed by atoms with Gasteiger partial charge in [0.25, 0.3) is 0 Å². The number of fused-ring (bicyclic) bond motifs is 1. The highest BCUT2D eigenvalue weighted by Gasteiger charge is 2.10. The lowest BCUT2D eigenvalue weighted by atomic mass is 10.2. The van der Waals surface area contributed by atoms with Gasteiger partial charge in [0.2, 0.25) is 11.8 Å². The van der Waals surface area contributed by atoms with Crippen LogP contribution in [0.3, 0.4) is 0 Å². The molecule has 3 aromatic rings. The molecule has 98 valence electrons. The molecule has 0 aliphatic heterocycles. The molecule has 0 radical (unpaired) electrons. The average molecular weight is 257 g/mol. The fraction of sp³-hybridized carbons (Fsp3) is 0.308. The van der Waals surface area contributed by atoms with Crippen LogP contribution in [0.2, 0.25) is 0 Å². The standard InChI is InChI=1S/C13H15N5O/c1-8-3-4-11-10(7-8)16-13(14)18(11)6-5-12-15-9(2)17-19-12/h3-4,7H,5-6H2,1-2H3,(H2,14,16). The van der Waals surface area contributed by atoms with Crippen LogP contribution < -0.4 is 5.73 Å². The van der Waals surface area contributed by atoms with Crippen LogP contribution in [0.5, 0.6) is 0 Å². The number of hydrogen-bond donors (Lipinski definition) is 1. The number of anilines is 1. The van der Waals surface area contributed by atoms with E-state index < -0.39 is 0 Å². The van der Waals surface area contributed by atoms with Crippen molar-refractivity contribution in [3.05, 3.63) is 35.5 Å². The van der Waals surface area contributed by atoms with Crippen LogP contribution in [-0.4, -0.2) is 19.7 Å². The number of aromatic nitrogens is 4. The van der Waals surface area contributed by atoms with Gasteiger partial charge in [0.1, 0.15) is 0 Å². The SMILES string of the molecule is Cc1ccc2c(c1)nc(N)n2CCc1nc(C)no1. The Morgan fingerprint density at radius 1 is 1.26 bits per heavy atom. The Morgan fingerprint density at radius 3 is 2.84 bits per heavy atom. The quantitative estimate of drug-likeness (QED) is 0.774. The smallest absolute Gasteiger partial charge is 0.228 e. The number of imidazole rings is 1. The van der Waals surface area contributed by atoms with E-state index in [1.54, 1.807) is 6.92 Å². The summed E-state index contributed by atoms with van der Waals surface area (Å²) in [6.07, 6.45) is 0.643. The number of nitrogen functional groups attached to an aromatic ring is 1. The summed E-state index contributed by atoms with van der Waals surface area (Å²) < 4.78 is 7.06. The first-order valence-corrected chi connectivity index (χ1v) is 6.15. The summed E-state index contributed by atoms with van der Waals surface area (Å²) in [6, 6.07) is 6.11. The summed E-state index contributed by atoms with van der Waals surface area (Å²) in [6.45, 7) is 4.51. The van der Waals surface area contributed by atoms with Crippen LogP contribution in [0.1, 0.15) is 17.3 Å². The summed E-state index contributed by atoms with van der Waals surface area (Å²) in [5.74, 6) is 1.77. The van der Waals surface area contributed by atoms with Crippen molar-refractivity contribution >= 4 is 17.0 Å². The van der Waals surface area contributed by atoms with Crippen molar-refractivity contribution in [1.29, 1.82) is 0 Å². The largest absolute Gasteiger partial charge is 0.369 e. The van der Waals surface area contributed by atoms with Crippen LogP contribution in [0.15, 0.2) is 22.7 Å². The lowest BCUT2D eigenvalue weighted by Crippen LogP contribution is -2.05. The minimum Gasteiger partial charge on any atom is -0.369 e. The van der Waals surface area contributed by atoms with Crippen LogP contribution in [0, 0.1) is 13.8 Å². The third-order valence-electron chi connectivity index (χ3n) is 3.05. The van der Waals surface area contributed by atoms with Crippen molar-refractivity contribution in [2.24, 2.45) is 0 Å². The lowest BCUT2D eigenvalue weighted by Gasteiger charge is -2.04. The fourth-order valence-electron chi connectivity index (χ4n) is 2.14. The molecular weight excluding hydrogens is 242 g/mol. The summed E-state index contributed by atoms with van der Waals surface area (Å²) in [5.41, 5.74) is 9.07. The van der Waals surface area contributed by atoms with Gasteiger partial charge in [-0.2, -0.15) is 4.98 Å². The van der Waals surface area contributed by atoms with E-state index in [0.717, 1.165) is 11.0 Å². The highest BCUT2D eigenvalue weighted by molar-refractivity contribution is 5.79. The third-order valence-corrected chi connectivity index (χ3v) is 3.05. The molecule has 0 fully saturated rings. The summed E-state index contributed by atoms with van der Waals surface area (Å²) in [7, 11) is 0.